The van der Waals surface area contributed by atoms with Crippen LogP contribution in [0.4, 0.5) is 17.2 Å². The van der Waals surface area contributed by atoms with Crippen LogP contribution >= 0.6 is 0 Å². The molecule has 29 heavy (non-hydrogen) atoms. The highest BCUT2D eigenvalue weighted by atomic mass is 16.1. The van der Waals surface area contributed by atoms with Crippen LogP contribution in [0.3, 0.4) is 0 Å². The van der Waals surface area contributed by atoms with E-state index in [0.717, 1.165) is 0 Å². The van der Waals surface area contributed by atoms with Crippen LogP contribution < -0.4 is 5.56 Å². The molecule has 1 aromatic carbocycles. The predicted molar refractivity (Wildman–Crippen MR) is 113 cm³/mol. The number of azo groups is 1. The van der Waals surface area contributed by atoms with Gasteiger partial charge in [-0.05, 0) is 17.5 Å². The van der Waals surface area contributed by atoms with E-state index >= 15 is 0 Å². The zero-order valence-electron chi connectivity index (χ0n) is 17.5. The van der Waals surface area contributed by atoms with Crippen LogP contribution in [0.1, 0.15) is 52.9 Å². The Balaban J connectivity index is 2.13. The summed E-state index contributed by atoms with van der Waals surface area (Å²) < 4.78 is 1.45. The fraction of sp³-hybridized carbons (Fsp3) is 0.381. The monoisotopic (exact) mass is 391 g/mol. The first-order valence-corrected chi connectivity index (χ1v) is 9.33. The minimum absolute atomic E-state index is 0.177. The zero-order valence-corrected chi connectivity index (χ0v) is 17.5. The van der Waals surface area contributed by atoms with E-state index in [2.05, 4.69) is 30.4 Å². The lowest BCUT2D eigenvalue weighted by molar-refractivity contribution is 0.560. The standard InChI is InChI=1S/C21H25N7O/c1-20(2,3)16-14(22-7)18(26-24-16)25-23-15-17(21(4,5)6)27-28(19(15)29)13-11-9-8-10-12-13/h8-12,27H,1-6H3,(H,24,26). The molecular weight excluding hydrogens is 366 g/mol. The van der Waals surface area contributed by atoms with Crippen molar-refractivity contribution in [1.82, 2.24) is 20.0 Å². The number of nitrogens with zero attached hydrogens (tertiary/aromatic N) is 5. The first-order chi connectivity index (χ1) is 13.5. The van der Waals surface area contributed by atoms with Crippen molar-refractivity contribution in [2.45, 2.75) is 52.4 Å². The molecule has 0 amide bonds. The van der Waals surface area contributed by atoms with Gasteiger partial charge in [-0.25, -0.2) is 9.53 Å². The van der Waals surface area contributed by atoms with Gasteiger partial charge in [-0.2, -0.15) is 5.10 Å². The number of rotatable bonds is 3. The molecule has 150 valence electrons. The molecule has 8 nitrogen and oxygen atoms in total. The Bertz CT molecular complexity index is 1140. The van der Waals surface area contributed by atoms with Gasteiger partial charge >= 0.3 is 0 Å². The van der Waals surface area contributed by atoms with E-state index in [4.69, 9.17) is 6.57 Å². The molecule has 0 aliphatic carbocycles. The molecule has 2 heterocycles. The van der Waals surface area contributed by atoms with Crippen molar-refractivity contribution >= 4 is 17.2 Å². The fourth-order valence-corrected chi connectivity index (χ4v) is 2.93. The summed E-state index contributed by atoms with van der Waals surface area (Å²) in [6.45, 7) is 19.4. The Morgan fingerprint density at radius 1 is 1.00 bits per heavy atom. The summed E-state index contributed by atoms with van der Waals surface area (Å²) in [7, 11) is 0. The van der Waals surface area contributed by atoms with Crippen molar-refractivity contribution in [3.8, 4) is 5.69 Å². The molecule has 0 radical (unpaired) electrons. The van der Waals surface area contributed by atoms with E-state index in [1.54, 1.807) is 0 Å². The highest BCUT2D eigenvalue weighted by Crippen LogP contribution is 2.38. The number of benzene rings is 1. The number of hydrogen-bond donors (Lipinski definition) is 2. The maximum absolute atomic E-state index is 13.1. The number of H-pyrrole nitrogens is 2. The third kappa shape index (κ3) is 3.90. The average molecular weight is 391 g/mol. The highest BCUT2D eigenvalue weighted by molar-refractivity contribution is 5.66. The van der Waals surface area contributed by atoms with Gasteiger partial charge in [0.15, 0.2) is 5.69 Å². The van der Waals surface area contributed by atoms with Crippen LogP contribution in [-0.2, 0) is 10.8 Å². The molecular formula is C21H25N7O. The SMILES string of the molecule is [C-]#[N+]c1c(N=Nc2c(C(C)(C)C)[nH]n(-c3ccccc3)c2=O)n[nH]c1C(C)(C)C. The Morgan fingerprint density at radius 3 is 2.17 bits per heavy atom. The highest BCUT2D eigenvalue weighted by Gasteiger charge is 2.27. The molecule has 0 aliphatic heterocycles. The summed E-state index contributed by atoms with van der Waals surface area (Å²) in [5, 5.41) is 18.6. The zero-order chi connectivity index (χ0) is 21.4. The van der Waals surface area contributed by atoms with Gasteiger partial charge in [-0.1, -0.05) is 59.7 Å². The molecule has 0 unspecified atom stereocenters. The fourth-order valence-electron chi connectivity index (χ4n) is 2.93. The first-order valence-electron chi connectivity index (χ1n) is 9.33. The van der Waals surface area contributed by atoms with Gasteiger partial charge in [0.05, 0.1) is 18.0 Å². The predicted octanol–water partition coefficient (Wildman–Crippen LogP) is 5.45. The molecule has 2 aromatic heterocycles. The van der Waals surface area contributed by atoms with Crippen LogP contribution in [-0.4, -0.2) is 20.0 Å². The Hall–Kier alpha value is -3.47. The summed E-state index contributed by atoms with van der Waals surface area (Å²) in [5.41, 5.74) is 1.63. The maximum atomic E-state index is 13.1. The summed E-state index contributed by atoms with van der Waals surface area (Å²) in [6.07, 6.45) is 0. The van der Waals surface area contributed by atoms with Crippen LogP contribution in [0.15, 0.2) is 45.4 Å². The molecule has 8 heteroatoms. The van der Waals surface area contributed by atoms with Crippen molar-refractivity contribution < 1.29 is 0 Å². The smallest absolute Gasteiger partial charge is 0.292 e. The van der Waals surface area contributed by atoms with Gasteiger partial charge in [-0.3, -0.25) is 15.0 Å². The van der Waals surface area contributed by atoms with E-state index in [0.29, 0.717) is 22.8 Å². The van der Waals surface area contributed by atoms with E-state index < -0.39 is 0 Å². The molecule has 2 N–H and O–H groups in total. The normalized spacial score (nSPS) is 12.4. The van der Waals surface area contributed by atoms with Gasteiger partial charge < -0.3 is 0 Å². The summed E-state index contributed by atoms with van der Waals surface area (Å²) in [5.74, 6) is 0.177. The molecule has 0 bridgehead atoms. The summed E-state index contributed by atoms with van der Waals surface area (Å²) in [6, 6.07) is 9.29. The Morgan fingerprint density at radius 2 is 1.62 bits per heavy atom. The van der Waals surface area contributed by atoms with Gasteiger partial charge in [0.2, 0.25) is 5.82 Å². The third-order valence-corrected chi connectivity index (χ3v) is 4.46. The summed E-state index contributed by atoms with van der Waals surface area (Å²) >= 11 is 0. The van der Waals surface area contributed by atoms with E-state index in [-0.39, 0.29) is 27.9 Å². The second kappa shape index (κ2) is 7.17. The van der Waals surface area contributed by atoms with E-state index in [1.165, 1.54) is 4.68 Å². The molecule has 0 atom stereocenters. The van der Waals surface area contributed by atoms with Crippen molar-refractivity contribution in [3.63, 3.8) is 0 Å². The van der Waals surface area contributed by atoms with Crippen LogP contribution in [0.2, 0.25) is 0 Å². The second-order valence-corrected chi connectivity index (χ2v) is 8.89. The molecule has 3 aromatic rings. The minimum atomic E-state index is -0.363. The van der Waals surface area contributed by atoms with E-state index in [9.17, 15) is 4.79 Å². The maximum Gasteiger partial charge on any atom is 0.299 e. The largest absolute Gasteiger partial charge is 0.299 e. The topological polar surface area (TPSA) is 95.6 Å². The number of aromatic amines is 2. The number of aromatic nitrogens is 4. The molecule has 0 saturated carbocycles. The van der Waals surface area contributed by atoms with E-state index in [1.807, 2.05) is 71.9 Å². The van der Waals surface area contributed by atoms with Crippen LogP contribution in [0.25, 0.3) is 10.5 Å². The second-order valence-electron chi connectivity index (χ2n) is 8.89. The molecule has 3 rings (SSSR count). The van der Waals surface area contributed by atoms with Gasteiger partial charge in [0.1, 0.15) is 0 Å². The van der Waals surface area contributed by atoms with Crippen molar-refractivity contribution in [2.24, 2.45) is 10.2 Å². The molecule has 0 aliphatic rings. The average Bonchev–Trinajstić information content (AvgIpc) is 3.21. The van der Waals surface area contributed by atoms with Gasteiger partial charge in [0.25, 0.3) is 11.2 Å². The summed E-state index contributed by atoms with van der Waals surface area (Å²) in [4.78, 5) is 16.6. The number of nitrogens with one attached hydrogen (secondary N) is 2. The Kier molecular flexibility index (Phi) is 5.01. The van der Waals surface area contributed by atoms with Crippen molar-refractivity contribution in [1.29, 1.82) is 0 Å². The lowest BCUT2D eigenvalue weighted by atomic mass is 9.91. The van der Waals surface area contributed by atoms with Crippen molar-refractivity contribution in [2.75, 3.05) is 0 Å². The van der Waals surface area contributed by atoms with Crippen LogP contribution in [0, 0.1) is 6.57 Å². The van der Waals surface area contributed by atoms with Gasteiger partial charge in [-0.15, -0.1) is 10.2 Å². The lowest BCUT2D eigenvalue weighted by Crippen LogP contribution is -2.14. The number of para-hydroxylation sites is 1. The minimum Gasteiger partial charge on any atom is -0.292 e. The molecule has 0 saturated heterocycles. The number of hydrogen-bond acceptors (Lipinski definition) is 4. The first kappa shape index (κ1) is 20.3. The molecule has 0 fully saturated rings. The van der Waals surface area contributed by atoms with Crippen LogP contribution in [0.5, 0.6) is 0 Å². The lowest BCUT2D eigenvalue weighted by Gasteiger charge is -2.16. The van der Waals surface area contributed by atoms with Gasteiger partial charge in [0, 0.05) is 11.1 Å². The molecule has 0 spiro atoms. The Labute approximate surface area is 169 Å². The quantitative estimate of drug-likeness (QED) is 0.459. The van der Waals surface area contributed by atoms with Crippen molar-refractivity contribution in [3.05, 3.63) is 63.5 Å². The third-order valence-electron chi connectivity index (χ3n) is 4.46.